The number of halogens is 9. The fourth-order valence-corrected chi connectivity index (χ4v) is 3.75. The summed E-state index contributed by atoms with van der Waals surface area (Å²) in [6, 6.07) is 8.12. The molecule has 0 fully saturated rings. The molecule has 0 saturated heterocycles. The SMILES string of the molecule is CC(c1ccccc1OC(F)=C(F)F)(c1ccccc1OC(F)=C(F)F)c1ccccc1OC(F)=C(F)F. The number of ether oxygens (including phenoxy) is 3. The van der Waals surface area contributed by atoms with Crippen LogP contribution in [0.4, 0.5) is 39.5 Å². The van der Waals surface area contributed by atoms with E-state index in [0.717, 1.165) is 18.2 Å². The molecule has 3 aromatic rings. The van der Waals surface area contributed by atoms with Crippen molar-refractivity contribution in [2.45, 2.75) is 12.3 Å². The molecule has 0 aliphatic heterocycles. The largest absolute Gasteiger partial charge is 0.427 e. The van der Waals surface area contributed by atoms with Crippen molar-refractivity contribution in [2.24, 2.45) is 0 Å². The van der Waals surface area contributed by atoms with Gasteiger partial charge < -0.3 is 14.2 Å². The van der Waals surface area contributed by atoms with Crippen LogP contribution in [0.1, 0.15) is 23.6 Å². The van der Waals surface area contributed by atoms with Gasteiger partial charge in [-0.2, -0.15) is 39.5 Å². The zero-order chi connectivity index (χ0) is 28.0. The first-order valence-electron chi connectivity index (χ1n) is 10.4. The summed E-state index contributed by atoms with van der Waals surface area (Å²) >= 11 is 0. The zero-order valence-corrected chi connectivity index (χ0v) is 19.1. The van der Waals surface area contributed by atoms with E-state index in [2.05, 4.69) is 14.2 Å². The van der Waals surface area contributed by atoms with Gasteiger partial charge in [-0.1, -0.05) is 54.6 Å². The molecule has 0 aromatic heterocycles. The van der Waals surface area contributed by atoms with Gasteiger partial charge in [-0.15, -0.1) is 0 Å². The maximum absolute atomic E-state index is 13.8. The van der Waals surface area contributed by atoms with Gasteiger partial charge in [0, 0.05) is 16.7 Å². The van der Waals surface area contributed by atoms with E-state index in [-0.39, 0.29) is 16.7 Å². The highest BCUT2D eigenvalue weighted by molar-refractivity contribution is 5.61. The van der Waals surface area contributed by atoms with E-state index in [1.165, 1.54) is 61.5 Å². The molecule has 0 spiro atoms. The summed E-state index contributed by atoms with van der Waals surface area (Å²) < 4.78 is 133. The molecule has 12 heteroatoms. The van der Waals surface area contributed by atoms with E-state index in [0.29, 0.717) is 0 Å². The molecule has 0 amide bonds. The van der Waals surface area contributed by atoms with Gasteiger partial charge in [-0.25, -0.2) is 0 Å². The van der Waals surface area contributed by atoms with Gasteiger partial charge in [0.05, 0.1) is 5.41 Å². The lowest BCUT2D eigenvalue weighted by Gasteiger charge is -2.35. The summed E-state index contributed by atoms with van der Waals surface area (Å²) in [7, 11) is 0. The van der Waals surface area contributed by atoms with E-state index in [1.807, 2.05) is 0 Å². The average Bonchev–Trinajstić information content (AvgIpc) is 2.89. The monoisotopic (exact) mass is 546 g/mol. The Labute approximate surface area is 209 Å². The second kappa shape index (κ2) is 11.8. The third-order valence-corrected chi connectivity index (χ3v) is 5.32. The molecule has 0 saturated carbocycles. The Morgan fingerprint density at radius 3 is 0.921 bits per heavy atom. The second-order valence-corrected chi connectivity index (χ2v) is 7.52. The fourth-order valence-electron chi connectivity index (χ4n) is 3.75. The number of hydrogen-bond donors (Lipinski definition) is 0. The van der Waals surface area contributed by atoms with Crippen LogP contribution in [0.3, 0.4) is 0 Å². The number of hydrogen-bond acceptors (Lipinski definition) is 3. The van der Waals surface area contributed by atoms with E-state index in [1.54, 1.807) is 0 Å². The average molecular weight is 546 g/mol. The summed E-state index contributed by atoms with van der Waals surface area (Å²) in [5.74, 6) is -1.61. The highest BCUT2D eigenvalue weighted by atomic mass is 19.3. The third kappa shape index (κ3) is 5.96. The molecule has 3 nitrogen and oxygen atoms in total. The summed E-state index contributed by atoms with van der Waals surface area (Å²) in [6.07, 6.45) is -8.40. The van der Waals surface area contributed by atoms with Gasteiger partial charge in [0.25, 0.3) is 0 Å². The van der Waals surface area contributed by atoms with Crippen LogP contribution in [0.2, 0.25) is 0 Å². The molecule has 0 aliphatic carbocycles. The topological polar surface area (TPSA) is 27.7 Å². The van der Waals surface area contributed by atoms with Crippen molar-refractivity contribution in [1.29, 1.82) is 0 Å². The van der Waals surface area contributed by atoms with Crippen LogP contribution in [0.25, 0.3) is 0 Å². The molecule has 200 valence electrons. The van der Waals surface area contributed by atoms with E-state index >= 15 is 0 Å². The predicted molar refractivity (Wildman–Crippen MR) is 118 cm³/mol. The Hall–Kier alpha value is -4.35. The van der Waals surface area contributed by atoms with Gasteiger partial charge in [0.15, 0.2) is 0 Å². The first kappa shape index (κ1) is 28.2. The Bertz CT molecular complexity index is 1240. The second-order valence-electron chi connectivity index (χ2n) is 7.52. The van der Waals surface area contributed by atoms with Gasteiger partial charge in [0.2, 0.25) is 0 Å². The smallest absolute Gasteiger partial charge is 0.344 e. The van der Waals surface area contributed by atoms with Crippen molar-refractivity contribution >= 4 is 0 Å². The fraction of sp³-hybridized carbons (Fsp3) is 0.0769. The number of benzene rings is 3. The molecular weight excluding hydrogens is 531 g/mol. The van der Waals surface area contributed by atoms with Crippen molar-refractivity contribution in [3.8, 4) is 17.2 Å². The first-order chi connectivity index (χ1) is 18.0. The van der Waals surface area contributed by atoms with Crippen LogP contribution < -0.4 is 14.2 Å². The molecule has 38 heavy (non-hydrogen) atoms. The van der Waals surface area contributed by atoms with Crippen LogP contribution in [-0.4, -0.2) is 0 Å². The molecule has 0 unspecified atom stereocenters. The van der Waals surface area contributed by atoms with E-state index in [9.17, 15) is 39.5 Å². The Balaban J connectivity index is 2.41. The minimum atomic E-state index is -2.80. The Morgan fingerprint density at radius 2 is 0.684 bits per heavy atom. The van der Waals surface area contributed by atoms with Crippen molar-refractivity contribution in [3.05, 3.63) is 126 Å². The minimum Gasteiger partial charge on any atom is -0.427 e. The zero-order valence-electron chi connectivity index (χ0n) is 19.1. The molecular formula is C26H15F9O3. The van der Waals surface area contributed by atoms with Crippen molar-refractivity contribution in [2.75, 3.05) is 0 Å². The van der Waals surface area contributed by atoms with Crippen LogP contribution in [0.5, 0.6) is 17.2 Å². The van der Waals surface area contributed by atoms with Crippen molar-refractivity contribution in [3.63, 3.8) is 0 Å². The standard InChI is InChI=1S/C26H15F9O3/c1-26(14-8-2-5-11-17(14)36-23(33)20(27)28,15-9-3-6-12-18(15)37-24(34)21(29)30)16-10-4-7-13-19(16)38-25(35)22(31)32/h2-13H,1H3. The number of rotatable bonds is 9. The normalized spacial score (nSPS) is 10.9. The van der Waals surface area contributed by atoms with Crippen molar-refractivity contribution < 1.29 is 53.7 Å². The molecule has 3 aromatic carbocycles. The van der Waals surface area contributed by atoms with Crippen LogP contribution >= 0.6 is 0 Å². The maximum atomic E-state index is 13.8. The summed E-state index contributed by atoms with van der Waals surface area (Å²) in [5, 5.41) is 0. The lowest BCUT2D eigenvalue weighted by Crippen LogP contribution is -2.27. The third-order valence-electron chi connectivity index (χ3n) is 5.32. The quantitative estimate of drug-likeness (QED) is 0.152. The summed E-state index contributed by atoms with van der Waals surface area (Å²) in [4.78, 5) is 0. The molecule has 0 aliphatic rings. The van der Waals surface area contributed by atoms with Gasteiger partial charge in [0.1, 0.15) is 17.2 Å². The Kier molecular flexibility index (Phi) is 8.76. The Morgan fingerprint density at radius 1 is 0.447 bits per heavy atom. The van der Waals surface area contributed by atoms with Crippen molar-refractivity contribution in [1.82, 2.24) is 0 Å². The maximum Gasteiger partial charge on any atom is 0.344 e. The summed E-state index contributed by atoms with van der Waals surface area (Å²) in [5.41, 5.74) is -2.41. The van der Waals surface area contributed by atoms with E-state index < -0.39 is 58.9 Å². The molecule has 0 radical (unpaired) electrons. The van der Waals surface area contributed by atoms with Gasteiger partial charge >= 0.3 is 36.3 Å². The van der Waals surface area contributed by atoms with E-state index in [4.69, 9.17) is 0 Å². The first-order valence-corrected chi connectivity index (χ1v) is 10.4. The van der Waals surface area contributed by atoms with Crippen LogP contribution in [0.15, 0.2) is 109 Å². The predicted octanol–water partition coefficient (Wildman–Crippen LogP) is 9.28. The molecule has 0 heterocycles. The van der Waals surface area contributed by atoms with Gasteiger partial charge in [-0.3, -0.25) is 0 Å². The lowest BCUT2D eigenvalue weighted by molar-refractivity contribution is 0.232. The van der Waals surface area contributed by atoms with Crippen LogP contribution in [-0.2, 0) is 5.41 Å². The summed E-state index contributed by atoms with van der Waals surface area (Å²) in [6.45, 7) is 1.30. The molecule has 0 bridgehead atoms. The molecule has 0 N–H and O–H groups in total. The van der Waals surface area contributed by atoms with Gasteiger partial charge in [-0.05, 0) is 25.1 Å². The molecule has 3 rings (SSSR count). The minimum absolute atomic E-state index is 0.168. The number of para-hydroxylation sites is 3. The lowest BCUT2D eigenvalue weighted by atomic mass is 9.70. The highest BCUT2D eigenvalue weighted by Gasteiger charge is 2.39. The highest BCUT2D eigenvalue weighted by Crippen LogP contribution is 2.50. The van der Waals surface area contributed by atoms with Crippen LogP contribution in [0, 0.1) is 0 Å². The molecule has 0 atom stereocenters.